The molecular weight excluding hydrogens is 425 g/mol. The van der Waals surface area contributed by atoms with Gasteiger partial charge in [-0.05, 0) is 35.4 Å². The van der Waals surface area contributed by atoms with Gasteiger partial charge in [0.15, 0.2) is 0 Å². The normalized spacial score (nSPS) is 16.8. The average Bonchev–Trinajstić information content (AvgIpc) is 3.12. The Bertz CT molecular complexity index is 1010. The molecule has 0 aliphatic carbocycles. The van der Waals surface area contributed by atoms with Crippen LogP contribution in [0, 0.1) is 11.3 Å². The van der Waals surface area contributed by atoms with E-state index in [1.54, 1.807) is 6.07 Å². The highest BCUT2D eigenvalue weighted by molar-refractivity contribution is 6.31. The number of urea groups is 1. The van der Waals surface area contributed by atoms with Gasteiger partial charge in [-0.15, -0.1) is 13.2 Å². The number of halogens is 4. The Hall–Kier alpha value is -3.45. The molecule has 3 amide bonds. The Labute approximate surface area is 173 Å². The van der Waals surface area contributed by atoms with Crippen LogP contribution in [-0.4, -0.2) is 30.9 Å². The van der Waals surface area contributed by atoms with Crippen LogP contribution in [-0.2, 0) is 4.79 Å². The summed E-state index contributed by atoms with van der Waals surface area (Å²) in [5.41, 5.74) is 1.08. The molecule has 1 heterocycles. The van der Waals surface area contributed by atoms with Crippen molar-refractivity contribution in [3.8, 4) is 11.8 Å². The molecule has 2 aromatic carbocycles. The van der Waals surface area contributed by atoms with E-state index in [0.29, 0.717) is 11.1 Å². The van der Waals surface area contributed by atoms with Gasteiger partial charge < -0.3 is 20.7 Å². The fraction of sp³-hybridized carbons (Fsp3) is 0.211. The zero-order valence-corrected chi connectivity index (χ0v) is 15.8. The van der Waals surface area contributed by atoms with E-state index in [0.717, 1.165) is 12.1 Å². The van der Waals surface area contributed by atoms with Crippen molar-refractivity contribution in [2.45, 2.75) is 18.4 Å². The third kappa shape index (κ3) is 5.12. The molecule has 1 unspecified atom stereocenters. The lowest BCUT2D eigenvalue weighted by atomic mass is 9.96. The first-order valence-electron chi connectivity index (χ1n) is 8.56. The number of carbonyl (C=O) groups excluding carboxylic acids is 2. The smallest absolute Gasteiger partial charge is 0.406 e. The van der Waals surface area contributed by atoms with E-state index in [1.165, 1.54) is 24.3 Å². The van der Waals surface area contributed by atoms with Crippen LogP contribution in [0.15, 0.2) is 42.5 Å². The van der Waals surface area contributed by atoms with E-state index in [2.05, 4.69) is 20.7 Å². The van der Waals surface area contributed by atoms with Gasteiger partial charge >= 0.3 is 12.4 Å². The maximum Gasteiger partial charge on any atom is 0.573 e. The van der Waals surface area contributed by atoms with E-state index >= 15 is 0 Å². The van der Waals surface area contributed by atoms with Crippen LogP contribution >= 0.6 is 11.6 Å². The summed E-state index contributed by atoms with van der Waals surface area (Å²) in [5.74, 6) is -0.931. The number of hydrogen-bond donors (Lipinski definition) is 3. The molecule has 1 aliphatic rings. The molecule has 30 heavy (non-hydrogen) atoms. The van der Waals surface area contributed by atoms with Crippen LogP contribution < -0.4 is 20.7 Å². The minimum atomic E-state index is -4.83. The first kappa shape index (κ1) is 21.3. The lowest BCUT2D eigenvalue weighted by Gasteiger charge is -2.22. The molecule has 1 aliphatic heterocycles. The van der Waals surface area contributed by atoms with Gasteiger partial charge in [0.25, 0.3) is 0 Å². The topological polar surface area (TPSA) is 103 Å². The molecule has 3 rings (SSSR count). The van der Waals surface area contributed by atoms with Crippen molar-refractivity contribution in [3.63, 3.8) is 0 Å². The number of nitrogens with one attached hydrogen (secondary N) is 3. The number of rotatable bonds is 5. The number of benzene rings is 2. The number of amides is 3. The first-order valence-corrected chi connectivity index (χ1v) is 8.94. The Morgan fingerprint density at radius 3 is 2.47 bits per heavy atom. The second kappa shape index (κ2) is 8.51. The Morgan fingerprint density at radius 2 is 1.90 bits per heavy atom. The lowest BCUT2D eigenvalue weighted by Crippen LogP contribution is -2.44. The second-order valence-corrected chi connectivity index (χ2v) is 6.72. The van der Waals surface area contributed by atoms with Crippen LogP contribution in [0.25, 0.3) is 0 Å². The van der Waals surface area contributed by atoms with E-state index in [4.69, 9.17) is 11.6 Å². The number of nitrogens with zero attached hydrogens (tertiary/aromatic N) is 1. The molecule has 0 saturated carbocycles. The van der Waals surface area contributed by atoms with Gasteiger partial charge in [0.2, 0.25) is 5.91 Å². The van der Waals surface area contributed by atoms with Crippen molar-refractivity contribution in [1.82, 2.24) is 16.0 Å². The number of hydrogen-bond acceptors (Lipinski definition) is 4. The molecule has 3 N–H and O–H groups in total. The molecule has 156 valence electrons. The predicted octanol–water partition coefficient (Wildman–Crippen LogP) is 3.00. The summed E-state index contributed by atoms with van der Waals surface area (Å²) in [7, 11) is 0. The number of carbonyl (C=O) groups is 2. The van der Waals surface area contributed by atoms with Crippen molar-refractivity contribution >= 4 is 23.5 Å². The molecule has 1 fully saturated rings. The summed E-state index contributed by atoms with van der Waals surface area (Å²) in [5, 5.41) is 17.1. The molecule has 2 atom stereocenters. The summed E-state index contributed by atoms with van der Waals surface area (Å²) in [6.07, 6.45) is -4.83. The predicted molar refractivity (Wildman–Crippen MR) is 99.6 cm³/mol. The van der Waals surface area contributed by atoms with Gasteiger partial charge in [0.1, 0.15) is 17.9 Å². The highest BCUT2D eigenvalue weighted by atomic mass is 35.5. The van der Waals surface area contributed by atoms with E-state index in [1.807, 2.05) is 6.07 Å². The van der Waals surface area contributed by atoms with Gasteiger partial charge in [-0.3, -0.25) is 4.79 Å². The van der Waals surface area contributed by atoms with Crippen molar-refractivity contribution < 1.29 is 27.5 Å². The van der Waals surface area contributed by atoms with Gasteiger partial charge in [-0.25, -0.2) is 4.79 Å². The molecule has 2 aromatic rings. The molecule has 11 heteroatoms. The number of ether oxygens (including phenoxy) is 1. The van der Waals surface area contributed by atoms with Gasteiger partial charge in [0.05, 0.1) is 16.6 Å². The monoisotopic (exact) mass is 438 g/mol. The van der Waals surface area contributed by atoms with Crippen molar-refractivity contribution in [2.24, 2.45) is 0 Å². The summed E-state index contributed by atoms with van der Waals surface area (Å²) < 4.78 is 41.1. The zero-order valence-electron chi connectivity index (χ0n) is 15.1. The van der Waals surface area contributed by atoms with Gasteiger partial charge in [0, 0.05) is 6.54 Å². The minimum absolute atomic E-state index is 0.0831. The first-order chi connectivity index (χ1) is 14.2. The van der Waals surface area contributed by atoms with E-state index in [9.17, 15) is 28.0 Å². The zero-order chi connectivity index (χ0) is 21.9. The Morgan fingerprint density at radius 1 is 1.23 bits per heavy atom. The summed E-state index contributed by atoms with van der Waals surface area (Å²) >= 11 is 5.97. The highest BCUT2D eigenvalue weighted by Gasteiger charge is 2.32. The molecule has 0 spiro atoms. The van der Waals surface area contributed by atoms with Crippen LogP contribution in [0.4, 0.5) is 18.0 Å². The average molecular weight is 439 g/mol. The summed E-state index contributed by atoms with van der Waals surface area (Å²) in [4.78, 5) is 23.9. The third-order valence-corrected chi connectivity index (χ3v) is 4.60. The van der Waals surface area contributed by atoms with Gasteiger partial charge in [-0.2, -0.15) is 5.26 Å². The van der Waals surface area contributed by atoms with Crippen LogP contribution in [0.3, 0.4) is 0 Å². The molecule has 0 radical (unpaired) electrons. The highest BCUT2D eigenvalue weighted by Crippen LogP contribution is 2.29. The largest absolute Gasteiger partial charge is 0.573 e. The fourth-order valence-corrected chi connectivity index (χ4v) is 3.05. The van der Waals surface area contributed by atoms with Crippen LogP contribution in [0.5, 0.6) is 5.75 Å². The van der Waals surface area contributed by atoms with Crippen molar-refractivity contribution in [1.29, 1.82) is 5.26 Å². The van der Waals surface area contributed by atoms with E-state index < -0.39 is 36.1 Å². The molecular formula is C19H14ClF3N4O3. The molecule has 7 nitrogen and oxygen atoms in total. The second-order valence-electron chi connectivity index (χ2n) is 6.32. The maximum atomic E-state index is 12.6. The lowest BCUT2D eigenvalue weighted by molar-refractivity contribution is -0.274. The van der Waals surface area contributed by atoms with Crippen molar-refractivity contribution in [2.75, 3.05) is 6.54 Å². The molecule has 0 aromatic heterocycles. The third-order valence-electron chi connectivity index (χ3n) is 4.27. The molecule has 1 saturated heterocycles. The minimum Gasteiger partial charge on any atom is -0.406 e. The number of nitriles is 1. The number of alkyl halides is 3. The summed E-state index contributed by atoms with van der Waals surface area (Å²) in [6, 6.07) is 9.28. The van der Waals surface area contributed by atoms with Crippen LogP contribution in [0.2, 0.25) is 5.02 Å². The van der Waals surface area contributed by atoms with Crippen molar-refractivity contribution in [3.05, 3.63) is 64.2 Å². The maximum absolute atomic E-state index is 12.6. The Kier molecular flexibility index (Phi) is 6.03. The Balaban J connectivity index is 1.92. The van der Waals surface area contributed by atoms with E-state index in [-0.39, 0.29) is 17.1 Å². The van der Waals surface area contributed by atoms with Gasteiger partial charge in [-0.1, -0.05) is 29.8 Å². The fourth-order valence-electron chi connectivity index (χ4n) is 2.89. The standard InChI is InChI=1S/C19H14ClF3N4O3/c20-14-6-3-11(7-12(14)8-24)16(27-17(28)15-9-25-18(29)26-15)10-1-4-13(5-2-10)30-19(21,22)23/h1-7,15-16H,9H2,(H,27,28)(H2,25,26,29)/t15?,16-/m0/s1. The quantitative estimate of drug-likeness (QED) is 0.667. The molecule has 0 bridgehead atoms. The summed E-state index contributed by atoms with van der Waals surface area (Å²) in [6.45, 7) is 0.0831. The van der Waals surface area contributed by atoms with Crippen LogP contribution in [0.1, 0.15) is 22.7 Å². The SMILES string of the molecule is N#Cc1cc([C@@H](NC(=O)C2CNC(=O)N2)c2ccc(OC(F)(F)F)cc2)ccc1Cl.